The van der Waals surface area contributed by atoms with Crippen molar-refractivity contribution in [2.75, 3.05) is 18.8 Å². The number of nitrogens with one attached hydrogen (secondary N) is 1. The van der Waals surface area contributed by atoms with Gasteiger partial charge < -0.3 is 16.2 Å². The Morgan fingerprint density at radius 3 is 2.61 bits per heavy atom. The van der Waals surface area contributed by atoms with Crippen LogP contribution in [0.2, 0.25) is 0 Å². The molecule has 0 radical (unpaired) electrons. The quantitative estimate of drug-likeness (QED) is 0.675. The summed E-state index contributed by atoms with van der Waals surface area (Å²) in [5, 5.41) is 13.3. The topological polar surface area (TPSA) is 58.3 Å². The standard InChI is InChI=1S/C12H15F3N2O/c13-12(14,15)8-3-1-4-9(16)10(8)11(18)5-2-6-17-7-11/h1,3-4,17-18H,2,5-7,16H2. The second kappa shape index (κ2) is 4.44. The van der Waals surface area contributed by atoms with Crippen LogP contribution in [0.15, 0.2) is 18.2 Å². The number of hydrogen-bond acceptors (Lipinski definition) is 3. The molecular weight excluding hydrogens is 245 g/mol. The summed E-state index contributed by atoms with van der Waals surface area (Å²) in [6, 6.07) is 3.59. The Balaban J connectivity index is 2.55. The maximum absolute atomic E-state index is 13.0. The predicted octanol–water partition coefficient (Wildman–Crippen LogP) is 1.86. The van der Waals surface area contributed by atoms with E-state index in [1.54, 1.807) is 0 Å². The van der Waals surface area contributed by atoms with Crippen molar-refractivity contribution in [1.29, 1.82) is 0 Å². The molecule has 1 heterocycles. The fourth-order valence-electron chi connectivity index (χ4n) is 2.43. The van der Waals surface area contributed by atoms with Crippen molar-refractivity contribution < 1.29 is 18.3 Å². The van der Waals surface area contributed by atoms with Gasteiger partial charge in [0.2, 0.25) is 0 Å². The number of halogens is 3. The molecule has 1 atom stereocenters. The van der Waals surface area contributed by atoms with E-state index in [2.05, 4.69) is 5.32 Å². The van der Waals surface area contributed by atoms with Crippen LogP contribution >= 0.6 is 0 Å². The third kappa shape index (κ3) is 2.30. The van der Waals surface area contributed by atoms with Crippen LogP contribution in [-0.4, -0.2) is 18.2 Å². The molecule has 6 heteroatoms. The minimum Gasteiger partial charge on any atom is -0.398 e. The van der Waals surface area contributed by atoms with Gasteiger partial charge >= 0.3 is 6.18 Å². The van der Waals surface area contributed by atoms with E-state index in [1.165, 1.54) is 12.1 Å². The highest BCUT2D eigenvalue weighted by Gasteiger charge is 2.42. The number of nitrogen functional groups attached to an aromatic ring is 1. The smallest absolute Gasteiger partial charge is 0.398 e. The van der Waals surface area contributed by atoms with Crippen LogP contribution in [0.3, 0.4) is 0 Å². The van der Waals surface area contributed by atoms with Gasteiger partial charge in [-0.1, -0.05) is 6.07 Å². The number of rotatable bonds is 1. The van der Waals surface area contributed by atoms with Crippen LogP contribution in [0.1, 0.15) is 24.0 Å². The Kier molecular flexibility index (Phi) is 3.25. The van der Waals surface area contributed by atoms with Crippen LogP contribution in [0.25, 0.3) is 0 Å². The summed E-state index contributed by atoms with van der Waals surface area (Å²) < 4.78 is 38.9. The minimum atomic E-state index is -4.52. The maximum Gasteiger partial charge on any atom is 0.416 e. The lowest BCUT2D eigenvalue weighted by Crippen LogP contribution is -2.44. The average molecular weight is 260 g/mol. The number of anilines is 1. The predicted molar refractivity (Wildman–Crippen MR) is 61.9 cm³/mol. The molecule has 1 unspecified atom stereocenters. The molecule has 3 nitrogen and oxygen atoms in total. The summed E-state index contributed by atoms with van der Waals surface area (Å²) in [6.45, 7) is 0.778. The summed E-state index contributed by atoms with van der Waals surface area (Å²) in [5.74, 6) is 0. The zero-order valence-corrected chi connectivity index (χ0v) is 9.72. The van der Waals surface area contributed by atoms with Crippen molar-refractivity contribution in [1.82, 2.24) is 5.32 Å². The number of β-amino-alcohol motifs (C(OH)–C–C–N with tert-alkyl or cyclic N) is 1. The lowest BCUT2D eigenvalue weighted by atomic mass is 9.82. The molecule has 0 amide bonds. The second-order valence-electron chi connectivity index (χ2n) is 4.58. The van der Waals surface area contributed by atoms with Gasteiger partial charge in [0.1, 0.15) is 5.60 Å². The van der Waals surface area contributed by atoms with E-state index in [1.807, 2.05) is 0 Å². The summed E-state index contributed by atoms with van der Waals surface area (Å²) in [5.41, 5.74) is 3.02. The van der Waals surface area contributed by atoms with Crippen LogP contribution in [0, 0.1) is 0 Å². The van der Waals surface area contributed by atoms with Crippen molar-refractivity contribution in [3.05, 3.63) is 29.3 Å². The zero-order chi connectivity index (χ0) is 13.4. The minimum absolute atomic E-state index is 0.0176. The van der Waals surface area contributed by atoms with E-state index >= 15 is 0 Å². The molecule has 0 aromatic heterocycles. The molecule has 1 aliphatic heterocycles. The highest BCUT2D eigenvalue weighted by Crippen LogP contribution is 2.41. The summed E-state index contributed by atoms with van der Waals surface area (Å²) >= 11 is 0. The Bertz CT molecular complexity index is 439. The number of alkyl halides is 3. The molecular formula is C12H15F3N2O. The van der Waals surface area contributed by atoms with Crippen molar-refractivity contribution in [3.63, 3.8) is 0 Å². The number of hydrogen-bond donors (Lipinski definition) is 3. The van der Waals surface area contributed by atoms with Crippen molar-refractivity contribution in [2.45, 2.75) is 24.6 Å². The molecule has 0 bridgehead atoms. The van der Waals surface area contributed by atoms with Crippen molar-refractivity contribution in [2.24, 2.45) is 0 Å². The zero-order valence-electron chi connectivity index (χ0n) is 9.72. The lowest BCUT2D eigenvalue weighted by molar-refractivity contribution is -0.141. The molecule has 1 fully saturated rings. The van der Waals surface area contributed by atoms with Gasteiger partial charge in [-0.2, -0.15) is 13.2 Å². The van der Waals surface area contributed by atoms with E-state index in [0.717, 1.165) is 6.07 Å². The van der Waals surface area contributed by atoms with E-state index in [0.29, 0.717) is 13.0 Å². The first-order valence-electron chi connectivity index (χ1n) is 5.74. The van der Waals surface area contributed by atoms with E-state index in [9.17, 15) is 18.3 Å². The Morgan fingerprint density at radius 1 is 1.33 bits per heavy atom. The van der Waals surface area contributed by atoms with E-state index in [4.69, 9.17) is 5.73 Å². The molecule has 1 aromatic carbocycles. The Labute approximate surface area is 103 Å². The van der Waals surface area contributed by atoms with Crippen LogP contribution in [0.4, 0.5) is 18.9 Å². The highest BCUT2D eigenvalue weighted by molar-refractivity contribution is 5.55. The first-order chi connectivity index (χ1) is 8.34. The van der Waals surface area contributed by atoms with Crippen LogP contribution < -0.4 is 11.1 Å². The monoisotopic (exact) mass is 260 g/mol. The van der Waals surface area contributed by atoms with Gasteiger partial charge in [0.25, 0.3) is 0 Å². The van der Waals surface area contributed by atoms with Gasteiger partial charge in [0.05, 0.1) is 5.56 Å². The van der Waals surface area contributed by atoms with Gasteiger partial charge in [-0.15, -0.1) is 0 Å². The van der Waals surface area contributed by atoms with Gasteiger partial charge in [0.15, 0.2) is 0 Å². The summed E-state index contributed by atoms with van der Waals surface area (Å²) in [7, 11) is 0. The molecule has 2 rings (SSSR count). The normalized spacial score (nSPS) is 25.1. The molecule has 100 valence electrons. The van der Waals surface area contributed by atoms with E-state index < -0.39 is 17.3 Å². The largest absolute Gasteiger partial charge is 0.416 e. The molecule has 4 N–H and O–H groups in total. The van der Waals surface area contributed by atoms with Crippen LogP contribution in [0.5, 0.6) is 0 Å². The molecule has 1 aromatic rings. The Hall–Kier alpha value is -1.27. The van der Waals surface area contributed by atoms with Gasteiger partial charge in [-0.3, -0.25) is 0 Å². The molecule has 18 heavy (non-hydrogen) atoms. The number of benzene rings is 1. The number of piperidine rings is 1. The molecule has 1 aliphatic rings. The first kappa shape index (κ1) is 13.2. The third-order valence-electron chi connectivity index (χ3n) is 3.23. The van der Waals surface area contributed by atoms with Gasteiger partial charge in [0, 0.05) is 17.8 Å². The second-order valence-corrected chi connectivity index (χ2v) is 4.58. The lowest BCUT2D eigenvalue weighted by Gasteiger charge is -2.35. The SMILES string of the molecule is Nc1cccc(C(F)(F)F)c1C1(O)CCCNC1. The van der Waals surface area contributed by atoms with Gasteiger partial charge in [-0.05, 0) is 31.5 Å². The third-order valence-corrected chi connectivity index (χ3v) is 3.23. The van der Waals surface area contributed by atoms with Crippen molar-refractivity contribution in [3.8, 4) is 0 Å². The first-order valence-corrected chi connectivity index (χ1v) is 5.74. The van der Waals surface area contributed by atoms with Gasteiger partial charge in [-0.25, -0.2) is 0 Å². The van der Waals surface area contributed by atoms with E-state index in [-0.39, 0.29) is 24.2 Å². The summed E-state index contributed by atoms with van der Waals surface area (Å²) in [6.07, 6.45) is -3.63. The molecule has 1 saturated heterocycles. The fourth-order valence-corrected chi connectivity index (χ4v) is 2.43. The maximum atomic E-state index is 13.0. The van der Waals surface area contributed by atoms with Crippen LogP contribution in [-0.2, 0) is 11.8 Å². The number of aliphatic hydroxyl groups is 1. The van der Waals surface area contributed by atoms with Crippen molar-refractivity contribution >= 4 is 5.69 Å². The molecule has 0 saturated carbocycles. The molecule has 0 spiro atoms. The molecule has 0 aliphatic carbocycles. The Morgan fingerprint density at radius 2 is 2.06 bits per heavy atom. The fraction of sp³-hybridized carbons (Fsp3) is 0.500. The average Bonchev–Trinajstić information content (AvgIpc) is 2.28. The highest BCUT2D eigenvalue weighted by atomic mass is 19.4. The number of nitrogens with two attached hydrogens (primary N) is 1. The summed E-state index contributed by atoms with van der Waals surface area (Å²) in [4.78, 5) is 0.